The van der Waals surface area contributed by atoms with Crippen LogP contribution in [0.15, 0.2) is 0 Å². The van der Waals surface area contributed by atoms with E-state index in [1.54, 1.807) is 20.8 Å². The van der Waals surface area contributed by atoms with Gasteiger partial charge in [-0.2, -0.15) is 0 Å². The number of hydrogen-bond donors (Lipinski definition) is 0. The molecule has 0 saturated carbocycles. The molecule has 0 bridgehead atoms. The van der Waals surface area contributed by atoms with E-state index in [2.05, 4.69) is 6.92 Å². The van der Waals surface area contributed by atoms with Gasteiger partial charge in [0.05, 0.1) is 17.4 Å². The van der Waals surface area contributed by atoms with Crippen molar-refractivity contribution in [1.82, 2.24) is 0 Å². The first kappa shape index (κ1) is 26.1. The molecular formula is C14H24KLiO4. The zero-order valence-electron chi connectivity index (χ0n) is 13.9. The first-order chi connectivity index (χ1) is 8.20. The number of rotatable bonds is 8. The van der Waals surface area contributed by atoms with Gasteiger partial charge >= 0.3 is 70.2 Å². The van der Waals surface area contributed by atoms with Gasteiger partial charge in [-0.3, -0.25) is 0 Å². The number of carboxylic acid groups (broad SMARTS) is 2. The van der Waals surface area contributed by atoms with Gasteiger partial charge in [-0.25, -0.2) is 0 Å². The molecule has 20 heavy (non-hydrogen) atoms. The van der Waals surface area contributed by atoms with Crippen molar-refractivity contribution in [2.45, 2.75) is 66.2 Å². The number of unbranched alkanes of at least 4 members (excludes halogenated alkanes) is 4. The minimum absolute atomic E-state index is 0. The number of hydrogen-bond acceptors (Lipinski definition) is 4. The maximum Gasteiger partial charge on any atom is 1.00 e. The van der Waals surface area contributed by atoms with Gasteiger partial charge in [-0.1, -0.05) is 59.8 Å². The van der Waals surface area contributed by atoms with Crippen LogP contribution >= 0.6 is 0 Å². The summed E-state index contributed by atoms with van der Waals surface area (Å²) in [4.78, 5) is 22.6. The molecular weight excluding hydrogens is 278 g/mol. The SMILES string of the molecule is CCCCCCCC(C(=O)[O-])(C(=O)[O-])C(C)(C)C.[K+].[Li+]. The molecule has 106 valence electrons. The standard InChI is InChI=1S/C14H26O4.K.Li/c1-5-6-7-8-9-10-14(11(15)16,12(17)18)13(2,3)4;;/h5-10H2,1-4H3,(H,15,16)(H,17,18);;/q;2*+1/p-2. The number of carbonyl (C=O) groups excluding carboxylic acids is 2. The molecule has 0 radical (unpaired) electrons. The predicted molar refractivity (Wildman–Crippen MR) is 65.3 cm³/mol. The second-order valence-electron chi connectivity index (χ2n) is 5.89. The van der Waals surface area contributed by atoms with Crippen molar-refractivity contribution >= 4 is 11.9 Å². The Morgan fingerprint density at radius 1 is 0.900 bits per heavy atom. The van der Waals surface area contributed by atoms with E-state index in [1.807, 2.05) is 0 Å². The molecule has 0 aromatic carbocycles. The Kier molecular flexibility index (Phi) is 15.3. The Hall–Kier alpha value is 1.17. The fraction of sp³-hybridized carbons (Fsp3) is 0.857. The normalized spacial score (nSPS) is 11.2. The predicted octanol–water partition coefficient (Wildman–Crippen LogP) is -5.11. The monoisotopic (exact) mass is 302 g/mol. The van der Waals surface area contributed by atoms with E-state index in [4.69, 9.17) is 0 Å². The van der Waals surface area contributed by atoms with Gasteiger partial charge in [0.15, 0.2) is 0 Å². The van der Waals surface area contributed by atoms with E-state index < -0.39 is 22.8 Å². The summed E-state index contributed by atoms with van der Waals surface area (Å²) in [7, 11) is 0. The van der Waals surface area contributed by atoms with Crippen molar-refractivity contribution in [3.63, 3.8) is 0 Å². The van der Waals surface area contributed by atoms with E-state index in [9.17, 15) is 19.8 Å². The van der Waals surface area contributed by atoms with Crippen LogP contribution in [0.5, 0.6) is 0 Å². The van der Waals surface area contributed by atoms with E-state index in [0.29, 0.717) is 6.42 Å². The third kappa shape index (κ3) is 6.96. The van der Waals surface area contributed by atoms with E-state index in [-0.39, 0.29) is 76.7 Å². The molecule has 6 heteroatoms. The molecule has 0 unspecified atom stereocenters. The third-order valence-electron chi connectivity index (χ3n) is 3.63. The van der Waals surface area contributed by atoms with Crippen LogP contribution in [0.2, 0.25) is 0 Å². The van der Waals surface area contributed by atoms with Crippen LogP contribution in [0.25, 0.3) is 0 Å². The molecule has 0 atom stereocenters. The van der Waals surface area contributed by atoms with Gasteiger partial charge in [0.2, 0.25) is 0 Å². The summed E-state index contributed by atoms with van der Waals surface area (Å²) in [6.07, 6.45) is 4.65. The van der Waals surface area contributed by atoms with Crippen LogP contribution in [0, 0.1) is 10.8 Å². The molecule has 0 spiro atoms. The van der Waals surface area contributed by atoms with Gasteiger partial charge in [-0.05, 0) is 11.8 Å². The van der Waals surface area contributed by atoms with Crippen LogP contribution in [-0.4, -0.2) is 11.9 Å². The Balaban J connectivity index is -0.00000144. The Morgan fingerprint density at radius 2 is 1.30 bits per heavy atom. The fourth-order valence-corrected chi connectivity index (χ4v) is 2.27. The van der Waals surface area contributed by atoms with E-state index in [1.165, 1.54) is 0 Å². The topological polar surface area (TPSA) is 80.3 Å². The first-order valence-corrected chi connectivity index (χ1v) is 6.63. The third-order valence-corrected chi connectivity index (χ3v) is 3.63. The van der Waals surface area contributed by atoms with Crippen molar-refractivity contribution in [1.29, 1.82) is 0 Å². The molecule has 0 N–H and O–H groups in total. The summed E-state index contributed by atoms with van der Waals surface area (Å²) in [6, 6.07) is 0. The van der Waals surface area contributed by atoms with Crippen molar-refractivity contribution < 1.29 is 90.0 Å². The molecule has 0 amide bonds. The van der Waals surface area contributed by atoms with Crippen molar-refractivity contribution in [2.75, 3.05) is 0 Å². The van der Waals surface area contributed by atoms with Crippen LogP contribution < -0.4 is 80.5 Å². The van der Waals surface area contributed by atoms with Crippen LogP contribution in [0.1, 0.15) is 66.2 Å². The molecule has 0 aliphatic rings. The average Bonchev–Trinajstić information content (AvgIpc) is 2.20. The Labute approximate surface area is 177 Å². The van der Waals surface area contributed by atoms with Crippen LogP contribution in [0.3, 0.4) is 0 Å². The molecule has 0 aromatic heterocycles. The number of aliphatic carboxylic acids is 2. The van der Waals surface area contributed by atoms with Gasteiger partial charge < -0.3 is 19.8 Å². The molecule has 4 nitrogen and oxygen atoms in total. The Bertz CT molecular complexity index is 286. The average molecular weight is 302 g/mol. The summed E-state index contributed by atoms with van der Waals surface area (Å²) in [5.74, 6) is -3.07. The maximum atomic E-state index is 11.3. The smallest absolute Gasteiger partial charge is 0.549 e. The van der Waals surface area contributed by atoms with Crippen molar-refractivity contribution in [2.24, 2.45) is 10.8 Å². The van der Waals surface area contributed by atoms with Gasteiger partial charge in [0.1, 0.15) is 0 Å². The molecule has 0 fully saturated rings. The second-order valence-corrected chi connectivity index (χ2v) is 5.89. The molecule has 0 heterocycles. The second kappa shape index (κ2) is 11.7. The molecule has 0 rings (SSSR count). The van der Waals surface area contributed by atoms with Crippen LogP contribution in [-0.2, 0) is 9.59 Å². The minimum Gasteiger partial charge on any atom is -0.549 e. The molecule has 0 aromatic rings. The number of carbonyl (C=O) groups is 2. The first-order valence-electron chi connectivity index (χ1n) is 6.63. The quantitative estimate of drug-likeness (QED) is 0.255. The molecule has 0 aliphatic heterocycles. The zero-order chi connectivity index (χ0) is 14.4. The summed E-state index contributed by atoms with van der Waals surface area (Å²) >= 11 is 0. The fourth-order valence-electron chi connectivity index (χ4n) is 2.27. The summed E-state index contributed by atoms with van der Waals surface area (Å²) in [5, 5.41) is 22.6. The number of carboxylic acids is 2. The van der Waals surface area contributed by atoms with E-state index in [0.717, 1.165) is 25.7 Å². The minimum atomic E-state index is -1.90. The van der Waals surface area contributed by atoms with Gasteiger partial charge in [0.25, 0.3) is 0 Å². The Morgan fingerprint density at radius 3 is 1.60 bits per heavy atom. The largest absolute Gasteiger partial charge is 1.00 e. The summed E-state index contributed by atoms with van der Waals surface area (Å²) < 4.78 is 0. The zero-order valence-corrected chi connectivity index (χ0v) is 17.0. The van der Waals surface area contributed by atoms with Crippen LogP contribution in [0.4, 0.5) is 0 Å². The summed E-state index contributed by atoms with van der Waals surface area (Å²) in [5.41, 5.74) is -2.82. The van der Waals surface area contributed by atoms with Crippen molar-refractivity contribution in [3.05, 3.63) is 0 Å². The van der Waals surface area contributed by atoms with E-state index >= 15 is 0 Å². The van der Waals surface area contributed by atoms with Gasteiger partial charge in [-0.15, -0.1) is 0 Å². The molecule has 0 saturated heterocycles. The maximum absolute atomic E-state index is 11.3. The summed E-state index contributed by atoms with van der Waals surface area (Å²) in [6.45, 7) is 6.89. The van der Waals surface area contributed by atoms with Crippen molar-refractivity contribution in [3.8, 4) is 0 Å². The molecule has 0 aliphatic carbocycles. The van der Waals surface area contributed by atoms with Gasteiger partial charge in [0, 0.05) is 0 Å².